The van der Waals surface area contributed by atoms with Gasteiger partial charge in [-0.3, -0.25) is 0 Å². The minimum absolute atomic E-state index is 0.349. The molecule has 17 heavy (non-hydrogen) atoms. The van der Waals surface area contributed by atoms with Gasteiger partial charge in [0.1, 0.15) is 11.6 Å². The molecule has 0 radical (unpaired) electrons. The second kappa shape index (κ2) is 4.30. The molecule has 0 saturated heterocycles. The molecule has 7 N–H and O–H groups in total. The van der Waals surface area contributed by atoms with Crippen molar-refractivity contribution in [3.8, 4) is 0 Å². The zero-order chi connectivity index (χ0) is 12.4. The largest absolute Gasteiger partial charge is 0.395 e. The molecular formula is C10H14N6O. The number of nitrogens with two attached hydrogens (primary N) is 3. The zero-order valence-corrected chi connectivity index (χ0v) is 9.40. The number of aromatic nitrogens is 2. The summed E-state index contributed by atoms with van der Waals surface area (Å²) < 4.78 is 4.99. The van der Waals surface area contributed by atoms with Gasteiger partial charge in [0.2, 0.25) is 0 Å². The smallest absolute Gasteiger partial charge is 0.165 e. The summed E-state index contributed by atoms with van der Waals surface area (Å²) in [5.74, 6) is 6.76. The Bertz CT molecular complexity index is 536. The zero-order valence-electron chi connectivity index (χ0n) is 9.40. The van der Waals surface area contributed by atoms with Gasteiger partial charge < -0.3 is 21.4 Å². The minimum atomic E-state index is 0.349. The molecule has 0 aliphatic heterocycles. The van der Waals surface area contributed by atoms with Crippen molar-refractivity contribution < 1.29 is 4.52 Å². The first-order chi connectivity index (χ1) is 8.10. The number of anilines is 3. The Balaban J connectivity index is 2.35. The van der Waals surface area contributed by atoms with Crippen LogP contribution >= 0.6 is 0 Å². The molecule has 0 bridgehead atoms. The summed E-state index contributed by atoms with van der Waals surface area (Å²) >= 11 is 0. The fourth-order valence-electron chi connectivity index (χ4n) is 1.58. The number of hydrogen-bond donors (Lipinski definition) is 4. The predicted molar refractivity (Wildman–Crippen MR) is 64.9 cm³/mol. The number of hydrazine groups is 1. The molecule has 0 aliphatic carbocycles. The van der Waals surface area contributed by atoms with Gasteiger partial charge in [0.15, 0.2) is 5.82 Å². The molecule has 0 aromatic carbocycles. The summed E-state index contributed by atoms with van der Waals surface area (Å²) in [6.07, 6.45) is 0.518. The van der Waals surface area contributed by atoms with Crippen LogP contribution in [0.3, 0.4) is 0 Å². The average molecular weight is 234 g/mol. The lowest BCUT2D eigenvalue weighted by Gasteiger charge is -2.09. The van der Waals surface area contributed by atoms with Gasteiger partial charge in [-0.1, -0.05) is 5.16 Å². The van der Waals surface area contributed by atoms with Crippen LogP contribution in [0.4, 0.5) is 17.3 Å². The van der Waals surface area contributed by atoms with Crippen LogP contribution in [-0.4, -0.2) is 10.1 Å². The van der Waals surface area contributed by atoms with Gasteiger partial charge >= 0.3 is 0 Å². The number of nitrogens with zero attached hydrogens (tertiary/aromatic N) is 2. The lowest BCUT2D eigenvalue weighted by atomic mass is 10.1. The molecule has 2 aromatic rings. The summed E-state index contributed by atoms with van der Waals surface area (Å²) in [5, 5.41) is 3.89. The number of hydrogen-bond acceptors (Lipinski definition) is 7. The van der Waals surface area contributed by atoms with Crippen molar-refractivity contribution in [3.63, 3.8) is 0 Å². The van der Waals surface area contributed by atoms with E-state index in [4.69, 9.17) is 21.8 Å². The van der Waals surface area contributed by atoms with E-state index in [9.17, 15) is 0 Å². The van der Waals surface area contributed by atoms with Crippen LogP contribution in [0.15, 0.2) is 16.7 Å². The SMILES string of the molecule is Cc1cc(Cc2cc(N)nc(NN)c2N)no1. The van der Waals surface area contributed by atoms with Crippen LogP contribution in [0.1, 0.15) is 17.0 Å². The number of aryl methyl sites for hydroxylation is 1. The molecule has 0 fully saturated rings. The Morgan fingerprint density at radius 1 is 1.35 bits per heavy atom. The Kier molecular flexibility index (Phi) is 2.84. The maximum absolute atomic E-state index is 5.90. The van der Waals surface area contributed by atoms with Crippen molar-refractivity contribution in [1.82, 2.24) is 10.1 Å². The summed E-state index contributed by atoms with van der Waals surface area (Å²) in [4.78, 5) is 3.97. The van der Waals surface area contributed by atoms with Crippen LogP contribution in [0.5, 0.6) is 0 Å². The Labute approximate surface area is 97.9 Å². The summed E-state index contributed by atoms with van der Waals surface area (Å²) in [7, 11) is 0. The van der Waals surface area contributed by atoms with Crippen molar-refractivity contribution in [1.29, 1.82) is 0 Å². The Morgan fingerprint density at radius 3 is 2.71 bits per heavy atom. The first-order valence-corrected chi connectivity index (χ1v) is 5.04. The Morgan fingerprint density at radius 2 is 2.12 bits per heavy atom. The van der Waals surface area contributed by atoms with E-state index in [1.807, 2.05) is 13.0 Å². The highest BCUT2D eigenvalue weighted by Crippen LogP contribution is 2.24. The van der Waals surface area contributed by atoms with Crippen molar-refractivity contribution >= 4 is 17.3 Å². The highest BCUT2D eigenvalue weighted by molar-refractivity contribution is 5.68. The number of rotatable bonds is 3. The number of nitrogens with one attached hydrogen (secondary N) is 1. The fraction of sp³-hybridized carbons (Fsp3) is 0.200. The molecule has 0 unspecified atom stereocenters. The molecule has 0 spiro atoms. The topological polar surface area (TPSA) is 129 Å². The van der Waals surface area contributed by atoms with Crippen molar-refractivity contribution in [2.24, 2.45) is 5.84 Å². The molecule has 7 heteroatoms. The van der Waals surface area contributed by atoms with E-state index < -0.39 is 0 Å². The first-order valence-electron chi connectivity index (χ1n) is 5.04. The van der Waals surface area contributed by atoms with E-state index in [-0.39, 0.29) is 0 Å². The summed E-state index contributed by atoms with van der Waals surface area (Å²) in [6.45, 7) is 1.83. The third kappa shape index (κ3) is 2.28. The first kappa shape index (κ1) is 11.2. The van der Waals surface area contributed by atoms with E-state index in [2.05, 4.69) is 15.6 Å². The second-order valence-electron chi connectivity index (χ2n) is 3.72. The van der Waals surface area contributed by atoms with Crippen molar-refractivity contribution in [2.75, 3.05) is 16.9 Å². The molecule has 2 heterocycles. The fourth-order valence-corrected chi connectivity index (χ4v) is 1.58. The van der Waals surface area contributed by atoms with Gasteiger partial charge in [-0.2, -0.15) is 0 Å². The summed E-state index contributed by atoms with van der Waals surface area (Å²) in [5.41, 5.74) is 16.0. The maximum atomic E-state index is 5.90. The van der Waals surface area contributed by atoms with Gasteiger partial charge in [-0.15, -0.1) is 0 Å². The predicted octanol–water partition coefficient (Wildman–Crippen LogP) is 0.419. The van der Waals surface area contributed by atoms with Gasteiger partial charge in [0, 0.05) is 12.5 Å². The van der Waals surface area contributed by atoms with Crippen LogP contribution in [-0.2, 0) is 6.42 Å². The second-order valence-corrected chi connectivity index (χ2v) is 3.72. The van der Waals surface area contributed by atoms with Gasteiger partial charge in [-0.05, 0) is 18.6 Å². The van der Waals surface area contributed by atoms with E-state index in [0.717, 1.165) is 17.0 Å². The lowest BCUT2D eigenvalue weighted by molar-refractivity contribution is 0.392. The van der Waals surface area contributed by atoms with Gasteiger partial charge in [-0.25, -0.2) is 10.8 Å². The molecule has 0 amide bonds. The number of nitrogen functional groups attached to an aromatic ring is 3. The van der Waals surface area contributed by atoms with Crippen LogP contribution < -0.4 is 22.7 Å². The normalized spacial score (nSPS) is 10.5. The third-order valence-electron chi connectivity index (χ3n) is 2.35. The quantitative estimate of drug-likeness (QED) is 0.447. The molecule has 2 rings (SSSR count). The minimum Gasteiger partial charge on any atom is -0.395 e. The molecule has 0 aliphatic rings. The average Bonchev–Trinajstić information content (AvgIpc) is 2.69. The standard InChI is InChI=1S/C10H14N6O/c1-5-2-7(16-17-5)3-6-4-8(11)14-10(15-13)9(6)12/h2,4H,3,12-13H2,1H3,(H3,11,14,15). The molecule has 2 aromatic heterocycles. The van der Waals surface area contributed by atoms with Gasteiger partial charge in [0.05, 0.1) is 11.4 Å². The van der Waals surface area contributed by atoms with E-state index in [1.165, 1.54) is 0 Å². The monoisotopic (exact) mass is 234 g/mol. The summed E-state index contributed by atoms with van der Waals surface area (Å²) in [6, 6.07) is 3.53. The maximum Gasteiger partial charge on any atom is 0.165 e. The Hall–Kier alpha value is -2.28. The highest BCUT2D eigenvalue weighted by atomic mass is 16.5. The van der Waals surface area contributed by atoms with Crippen molar-refractivity contribution in [2.45, 2.75) is 13.3 Å². The van der Waals surface area contributed by atoms with E-state index in [1.54, 1.807) is 6.07 Å². The molecule has 0 atom stereocenters. The van der Waals surface area contributed by atoms with E-state index in [0.29, 0.717) is 23.7 Å². The van der Waals surface area contributed by atoms with Crippen LogP contribution in [0.2, 0.25) is 0 Å². The van der Waals surface area contributed by atoms with Crippen LogP contribution in [0, 0.1) is 6.92 Å². The highest BCUT2D eigenvalue weighted by Gasteiger charge is 2.10. The lowest BCUT2D eigenvalue weighted by Crippen LogP contribution is -2.13. The molecule has 0 saturated carbocycles. The van der Waals surface area contributed by atoms with Crippen LogP contribution in [0.25, 0.3) is 0 Å². The molecule has 7 nitrogen and oxygen atoms in total. The molecular weight excluding hydrogens is 220 g/mol. The third-order valence-corrected chi connectivity index (χ3v) is 2.35. The molecule has 90 valence electrons. The number of pyridine rings is 1. The van der Waals surface area contributed by atoms with E-state index >= 15 is 0 Å². The van der Waals surface area contributed by atoms with Gasteiger partial charge in [0.25, 0.3) is 0 Å². The van der Waals surface area contributed by atoms with Crippen molar-refractivity contribution in [3.05, 3.63) is 29.2 Å².